The summed E-state index contributed by atoms with van der Waals surface area (Å²) >= 11 is 0. The van der Waals surface area contributed by atoms with Crippen molar-refractivity contribution in [2.45, 2.75) is 45.1 Å². The van der Waals surface area contributed by atoms with E-state index in [1.165, 1.54) is 4.90 Å². The first-order valence-corrected chi connectivity index (χ1v) is 12.1. The third kappa shape index (κ3) is 6.97. The van der Waals surface area contributed by atoms with E-state index in [4.69, 9.17) is 14.6 Å². The number of rotatable bonds is 9. The molecule has 0 spiro atoms. The van der Waals surface area contributed by atoms with Crippen LogP contribution in [0.25, 0.3) is 0 Å². The van der Waals surface area contributed by atoms with Gasteiger partial charge in [0.2, 0.25) is 5.91 Å². The monoisotopic (exact) mass is 468 g/mol. The number of hydrogen-bond donors (Lipinski definition) is 1. The van der Waals surface area contributed by atoms with E-state index in [2.05, 4.69) is 6.92 Å². The number of para-hydroxylation sites is 1. The second-order valence-corrected chi connectivity index (χ2v) is 8.62. The molecule has 1 atom stereocenters. The molecule has 1 aliphatic rings. The smallest absolute Gasteiger partial charge is 0.260 e. The third-order valence-electron chi connectivity index (χ3n) is 6.18. The number of amides is 2. The quantitative estimate of drug-likeness (QED) is 0.572. The van der Waals surface area contributed by atoms with Crippen molar-refractivity contribution in [3.05, 3.63) is 59.7 Å². The molecule has 184 valence electrons. The van der Waals surface area contributed by atoms with Crippen LogP contribution in [0.5, 0.6) is 11.5 Å². The van der Waals surface area contributed by atoms with Crippen molar-refractivity contribution >= 4 is 11.8 Å². The minimum atomic E-state index is -0.622. The van der Waals surface area contributed by atoms with Crippen LogP contribution in [0.4, 0.5) is 0 Å². The highest BCUT2D eigenvalue weighted by atomic mass is 16.5. The Morgan fingerprint density at radius 3 is 2.59 bits per heavy atom. The Morgan fingerprint density at radius 2 is 1.85 bits per heavy atom. The number of fused-ring (bicyclic) bond motifs is 1. The zero-order chi connectivity index (χ0) is 24.3. The molecule has 0 saturated heterocycles. The predicted octanol–water partition coefficient (Wildman–Crippen LogP) is 3.08. The molecule has 0 unspecified atom stereocenters. The number of unbranched alkanes of at least 4 members (excludes halogenated alkanes) is 2. The van der Waals surface area contributed by atoms with Gasteiger partial charge in [-0.25, -0.2) is 0 Å². The maximum absolute atomic E-state index is 13.8. The van der Waals surface area contributed by atoms with Crippen molar-refractivity contribution in [1.82, 2.24) is 9.80 Å². The number of aliphatic hydroxyl groups is 1. The first-order chi connectivity index (χ1) is 16.5. The molecule has 0 fully saturated rings. The highest BCUT2D eigenvalue weighted by Gasteiger charge is 2.31. The van der Waals surface area contributed by atoms with Gasteiger partial charge in [-0.2, -0.15) is 0 Å². The summed E-state index contributed by atoms with van der Waals surface area (Å²) in [4.78, 5) is 30.2. The van der Waals surface area contributed by atoms with Crippen LogP contribution in [-0.2, 0) is 22.4 Å². The zero-order valence-corrected chi connectivity index (χ0v) is 20.2. The molecular weight excluding hydrogens is 432 g/mol. The topological polar surface area (TPSA) is 79.3 Å². The van der Waals surface area contributed by atoms with Gasteiger partial charge in [0.25, 0.3) is 5.91 Å². The van der Waals surface area contributed by atoms with Crippen LogP contribution in [-0.4, -0.2) is 72.7 Å². The van der Waals surface area contributed by atoms with E-state index in [1.807, 2.05) is 53.4 Å². The van der Waals surface area contributed by atoms with E-state index in [0.29, 0.717) is 37.4 Å². The fourth-order valence-corrected chi connectivity index (χ4v) is 4.12. The van der Waals surface area contributed by atoms with Gasteiger partial charge in [0.15, 0.2) is 6.61 Å². The summed E-state index contributed by atoms with van der Waals surface area (Å²) in [5.74, 6) is 1.09. The molecule has 1 heterocycles. The van der Waals surface area contributed by atoms with Crippen LogP contribution in [0.15, 0.2) is 48.5 Å². The van der Waals surface area contributed by atoms with Crippen LogP contribution in [0.2, 0.25) is 0 Å². The maximum atomic E-state index is 13.8. The van der Waals surface area contributed by atoms with Crippen LogP contribution < -0.4 is 9.47 Å². The molecule has 0 bridgehead atoms. The number of nitrogens with zero attached hydrogens (tertiary/aromatic N) is 2. The Hall–Kier alpha value is -3.06. The lowest BCUT2D eigenvalue weighted by molar-refractivity contribution is -0.145. The molecule has 3 rings (SSSR count). The van der Waals surface area contributed by atoms with Gasteiger partial charge in [0.05, 0.1) is 6.61 Å². The molecule has 1 N–H and O–H groups in total. The molecular formula is C27H36N2O5. The molecule has 1 aliphatic heterocycles. The first-order valence-electron chi connectivity index (χ1n) is 12.1. The first kappa shape index (κ1) is 25.6. The normalized spacial score (nSPS) is 17.1. The summed E-state index contributed by atoms with van der Waals surface area (Å²) in [6.07, 6.45) is 4.14. The second kappa shape index (κ2) is 13.0. The van der Waals surface area contributed by atoms with Crippen LogP contribution >= 0.6 is 0 Å². The third-order valence-corrected chi connectivity index (χ3v) is 6.18. The van der Waals surface area contributed by atoms with E-state index in [9.17, 15) is 9.59 Å². The van der Waals surface area contributed by atoms with Crippen molar-refractivity contribution in [2.75, 3.05) is 40.0 Å². The molecule has 0 aromatic heterocycles. The summed E-state index contributed by atoms with van der Waals surface area (Å²) in [5, 5.41) is 8.94. The highest BCUT2D eigenvalue weighted by molar-refractivity contribution is 5.88. The second-order valence-electron chi connectivity index (χ2n) is 8.62. The minimum Gasteiger partial charge on any atom is -0.491 e. The van der Waals surface area contributed by atoms with Crippen molar-refractivity contribution in [3.63, 3.8) is 0 Å². The van der Waals surface area contributed by atoms with Gasteiger partial charge in [0, 0.05) is 26.6 Å². The molecule has 7 heteroatoms. The lowest BCUT2D eigenvalue weighted by Gasteiger charge is -2.32. The fourth-order valence-electron chi connectivity index (χ4n) is 4.12. The van der Waals surface area contributed by atoms with E-state index in [0.717, 1.165) is 30.4 Å². The Bertz CT molecular complexity index is 931. The molecule has 2 aromatic rings. The van der Waals surface area contributed by atoms with Crippen molar-refractivity contribution in [3.8, 4) is 11.5 Å². The predicted molar refractivity (Wildman–Crippen MR) is 131 cm³/mol. The van der Waals surface area contributed by atoms with E-state index >= 15 is 0 Å². The standard InChI is InChI=1S/C27H36N2O5/c1-3-4-7-15-29-16-14-22-8-5-6-9-25(22)34-20-26(31)28(2)24(27(29)32)19-21-10-12-23(13-11-21)33-18-17-30/h5-6,8-13,24,30H,3-4,7,14-20H2,1-2H3/t24-/m0/s1. The van der Waals surface area contributed by atoms with Gasteiger partial charge < -0.3 is 24.4 Å². The van der Waals surface area contributed by atoms with Gasteiger partial charge >= 0.3 is 0 Å². The fraction of sp³-hybridized carbons (Fsp3) is 0.481. The number of benzene rings is 2. The lowest BCUT2D eigenvalue weighted by atomic mass is 10.0. The van der Waals surface area contributed by atoms with Crippen LogP contribution in [0.3, 0.4) is 0 Å². The average molecular weight is 469 g/mol. The number of hydrogen-bond acceptors (Lipinski definition) is 5. The minimum absolute atomic E-state index is 0.0352. The summed E-state index contributed by atoms with van der Waals surface area (Å²) in [6.45, 7) is 3.46. The molecule has 0 saturated carbocycles. The average Bonchev–Trinajstić information content (AvgIpc) is 2.87. The molecule has 7 nitrogen and oxygen atoms in total. The Kier molecular flexibility index (Phi) is 9.76. The number of aliphatic hydroxyl groups excluding tert-OH is 1. The van der Waals surface area contributed by atoms with E-state index < -0.39 is 6.04 Å². The van der Waals surface area contributed by atoms with Crippen molar-refractivity contribution in [2.24, 2.45) is 0 Å². The molecule has 2 amide bonds. The number of ether oxygens (including phenoxy) is 2. The molecule has 2 aromatic carbocycles. The summed E-state index contributed by atoms with van der Waals surface area (Å²) in [6, 6.07) is 14.5. The molecule has 0 aliphatic carbocycles. The van der Waals surface area contributed by atoms with Gasteiger partial charge in [-0.05, 0) is 42.2 Å². The van der Waals surface area contributed by atoms with Gasteiger partial charge in [-0.15, -0.1) is 0 Å². The summed E-state index contributed by atoms with van der Waals surface area (Å²) in [5.41, 5.74) is 1.94. The number of carbonyl (C=O) groups excluding carboxylic acids is 2. The SMILES string of the molecule is CCCCCN1CCc2ccccc2OCC(=O)N(C)[C@@H](Cc2ccc(OCCO)cc2)C1=O. The zero-order valence-electron chi connectivity index (χ0n) is 20.2. The molecule has 0 radical (unpaired) electrons. The van der Waals surface area contributed by atoms with Gasteiger partial charge in [-0.3, -0.25) is 9.59 Å². The van der Waals surface area contributed by atoms with Gasteiger partial charge in [-0.1, -0.05) is 50.1 Å². The summed E-state index contributed by atoms with van der Waals surface area (Å²) < 4.78 is 11.3. The summed E-state index contributed by atoms with van der Waals surface area (Å²) in [7, 11) is 1.68. The van der Waals surface area contributed by atoms with Crippen LogP contribution in [0.1, 0.15) is 37.3 Å². The number of likely N-dealkylation sites (N-methyl/N-ethyl adjacent to an activating group) is 1. The van der Waals surface area contributed by atoms with Gasteiger partial charge in [0.1, 0.15) is 24.1 Å². The van der Waals surface area contributed by atoms with Crippen molar-refractivity contribution < 1.29 is 24.2 Å². The van der Waals surface area contributed by atoms with E-state index in [1.54, 1.807) is 7.05 Å². The lowest BCUT2D eigenvalue weighted by Crippen LogP contribution is -2.52. The van der Waals surface area contributed by atoms with E-state index in [-0.39, 0.29) is 31.6 Å². The van der Waals surface area contributed by atoms with Crippen LogP contribution in [0, 0.1) is 0 Å². The Morgan fingerprint density at radius 1 is 1.09 bits per heavy atom. The Balaban J connectivity index is 1.85. The maximum Gasteiger partial charge on any atom is 0.260 e. The molecule has 34 heavy (non-hydrogen) atoms. The number of carbonyl (C=O) groups is 2. The van der Waals surface area contributed by atoms with Crippen molar-refractivity contribution in [1.29, 1.82) is 0 Å². The Labute approximate surface area is 202 Å². The highest BCUT2D eigenvalue weighted by Crippen LogP contribution is 2.22. The largest absolute Gasteiger partial charge is 0.491 e.